The summed E-state index contributed by atoms with van der Waals surface area (Å²) in [5.74, 6) is -0.0181. The summed E-state index contributed by atoms with van der Waals surface area (Å²) in [4.78, 5) is 11.9. The number of hydrogen-bond donors (Lipinski definition) is 0. The summed E-state index contributed by atoms with van der Waals surface area (Å²) in [5, 5.41) is 0. The van der Waals surface area contributed by atoms with Gasteiger partial charge in [0.1, 0.15) is 0 Å². The van der Waals surface area contributed by atoms with Gasteiger partial charge in [-0.2, -0.15) is 0 Å². The molecule has 0 aliphatic rings. The maximum atomic E-state index is 11.9. The molecule has 0 atom stereocenters. The van der Waals surface area contributed by atoms with E-state index in [1.165, 1.54) is 38.5 Å². The van der Waals surface area contributed by atoms with Crippen molar-refractivity contribution in [1.29, 1.82) is 0 Å². The Kier molecular flexibility index (Phi) is 10.1. The van der Waals surface area contributed by atoms with Gasteiger partial charge in [0.2, 0.25) is 0 Å². The van der Waals surface area contributed by atoms with Crippen molar-refractivity contribution in [3.63, 3.8) is 0 Å². The molecule has 108 valence electrons. The van der Waals surface area contributed by atoms with Crippen LogP contribution in [-0.2, 0) is 9.53 Å². The van der Waals surface area contributed by atoms with Crippen LogP contribution in [0.25, 0.3) is 0 Å². The van der Waals surface area contributed by atoms with E-state index in [0.29, 0.717) is 6.61 Å². The van der Waals surface area contributed by atoms with E-state index in [1.807, 2.05) is 13.8 Å². The second-order valence-corrected chi connectivity index (χ2v) is 5.89. The summed E-state index contributed by atoms with van der Waals surface area (Å²) in [5.41, 5.74) is -0.307. The van der Waals surface area contributed by atoms with Crippen molar-refractivity contribution in [3.8, 4) is 0 Å². The Morgan fingerprint density at radius 3 is 2.00 bits per heavy atom. The molecule has 0 aromatic heterocycles. The fourth-order valence-corrected chi connectivity index (χ4v) is 1.98. The average Bonchev–Trinajstić information content (AvgIpc) is 2.34. The third-order valence-electron chi connectivity index (χ3n) is 3.44. The van der Waals surface area contributed by atoms with Crippen molar-refractivity contribution in [3.05, 3.63) is 0 Å². The van der Waals surface area contributed by atoms with Crippen LogP contribution >= 0.6 is 0 Å². The fourth-order valence-electron chi connectivity index (χ4n) is 1.98. The maximum absolute atomic E-state index is 11.9. The fraction of sp³-hybridized carbons (Fsp3) is 0.938. The number of carbonyl (C=O) groups is 1. The molecule has 0 saturated heterocycles. The van der Waals surface area contributed by atoms with Crippen molar-refractivity contribution in [2.24, 2.45) is 5.41 Å². The Morgan fingerprint density at radius 2 is 1.44 bits per heavy atom. The minimum atomic E-state index is -0.307. The van der Waals surface area contributed by atoms with Crippen molar-refractivity contribution in [1.82, 2.24) is 0 Å². The predicted octanol–water partition coefficient (Wildman–Crippen LogP) is 5.11. The van der Waals surface area contributed by atoms with Gasteiger partial charge < -0.3 is 4.74 Å². The summed E-state index contributed by atoms with van der Waals surface area (Å²) in [6.45, 7) is 9.00. The molecule has 0 aromatic carbocycles. The number of hydrogen-bond acceptors (Lipinski definition) is 2. The smallest absolute Gasteiger partial charge is 0.311 e. The molecule has 0 fully saturated rings. The second kappa shape index (κ2) is 10.4. The van der Waals surface area contributed by atoms with E-state index in [2.05, 4.69) is 13.8 Å². The number of unbranched alkanes of at least 4 members (excludes halogenated alkanes) is 6. The van der Waals surface area contributed by atoms with Crippen LogP contribution in [0, 0.1) is 5.41 Å². The van der Waals surface area contributed by atoms with Crippen molar-refractivity contribution in [2.45, 2.75) is 85.5 Å². The van der Waals surface area contributed by atoms with Gasteiger partial charge in [0.25, 0.3) is 0 Å². The van der Waals surface area contributed by atoms with Crippen LogP contribution in [0.4, 0.5) is 0 Å². The molecule has 18 heavy (non-hydrogen) atoms. The highest BCUT2D eigenvalue weighted by Gasteiger charge is 2.28. The lowest BCUT2D eigenvalue weighted by atomic mass is 9.87. The summed E-state index contributed by atoms with van der Waals surface area (Å²) < 4.78 is 5.37. The van der Waals surface area contributed by atoms with Gasteiger partial charge in [-0.3, -0.25) is 4.79 Å². The van der Waals surface area contributed by atoms with Gasteiger partial charge in [-0.25, -0.2) is 0 Å². The maximum Gasteiger partial charge on any atom is 0.311 e. The molecule has 2 heteroatoms. The van der Waals surface area contributed by atoms with Crippen LogP contribution < -0.4 is 0 Å². The lowest BCUT2D eigenvalue weighted by Gasteiger charge is -2.22. The first kappa shape index (κ1) is 17.5. The van der Waals surface area contributed by atoms with Gasteiger partial charge in [0, 0.05) is 0 Å². The Labute approximate surface area is 113 Å². The molecule has 2 nitrogen and oxygen atoms in total. The third kappa shape index (κ3) is 8.54. The van der Waals surface area contributed by atoms with Gasteiger partial charge >= 0.3 is 5.97 Å². The van der Waals surface area contributed by atoms with E-state index >= 15 is 0 Å². The minimum absolute atomic E-state index is 0.0181. The molecule has 0 bridgehead atoms. The summed E-state index contributed by atoms with van der Waals surface area (Å²) in [6.07, 6.45) is 10.4. The number of esters is 1. The SMILES string of the molecule is CCCCCCOC(=O)C(C)(C)CCCCCC. The standard InChI is InChI=1S/C16H32O2/c1-5-7-9-11-13-16(3,4)15(17)18-14-12-10-8-6-2/h5-14H2,1-4H3. The van der Waals surface area contributed by atoms with E-state index in [9.17, 15) is 4.79 Å². The normalized spacial score (nSPS) is 11.6. The van der Waals surface area contributed by atoms with Gasteiger partial charge in [0.05, 0.1) is 12.0 Å². The lowest BCUT2D eigenvalue weighted by Crippen LogP contribution is -2.27. The molecule has 0 aliphatic carbocycles. The summed E-state index contributed by atoms with van der Waals surface area (Å²) in [6, 6.07) is 0. The van der Waals surface area contributed by atoms with Crippen LogP contribution in [-0.4, -0.2) is 12.6 Å². The number of rotatable bonds is 11. The third-order valence-corrected chi connectivity index (χ3v) is 3.44. The highest BCUT2D eigenvalue weighted by atomic mass is 16.5. The van der Waals surface area contributed by atoms with Crippen LogP contribution in [0.2, 0.25) is 0 Å². The van der Waals surface area contributed by atoms with E-state index in [0.717, 1.165) is 19.3 Å². The van der Waals surface area contributed by atoms with Crippen molar-refractivity contribution in [2.75, 3.05) is 6.61 Å². The van der Waals surface area contributed by atoms with E-state index in [-0.39, 0.29) is 11.4 Å². The molecule has 0 spiro atoms. The van der Waals surface area contributed by atoms with E-state index in [4.69, 9.17) is 4.74 Å². The number of carbonyl (C=O) groups excluding carboxylic acids is 1. The van der Waals surface area contributed by atoms with Gasteiger partial charge in [0.15, 0.2) is 0 Å². The zero-order valence-electron chi connectivity index (χ0n) is 12.9. The Bertz CT molecular complexity index is 209. The molecule has 0 aromatic rings. The average molecular weight is 256 g/mol. The van der Waals surface area contributed by atoms with Crippen molar-refractivity contribution >= 4 is 5.97 Å². The molecule has 0 amide bonds. The molecule has 0 rings (SSSR count). The number of ether oxygens (including phenoxy) is 1. The predicted molar refractivity (Wildman–Crippen MR) is 77.6 cm³/mol. The lowest BCUT2D eigenvalue weighted by molar-refractivity contribution is -0.154. The van der Waals surface area contributed by atoms with Crippen molar-refractivity contribution < 1.29 is 9.53 Å². The van der Waals surface area contributed by atoms with E-state index in [1.54, 1.807) is 0 Å². The quantitative estimate of drug-likeness (QED) is 0.379. The molecule has 0 radical (unpaired) electrons. The first-order valence-electron chi connectivity index (χ1n) is 7.71. The zero-order valence-corrected chi connectivity index (χ0v) is 12.9. The van der Waals surface area contributed by atoms with Gasteiger partial charge in [-0.05, 0) is 26.7 Å². The zero-order chi connectivity index (χ0) is 13.9. The first-order chi connectivity index (χ1) is 8.54. The molecule has 0 unspecified atom stereocenters. The molecular formula is C16H32O2. The molecule has 0 heterocycles. The van der Waals surface area contributed by atoms with Gasteiger partial charge in [-0.1, -0.05) is 58.8 Å². The Hall–Kier alpha value is -0.530. The van der Waals surface area contributed by atoms with Crippen LogP contribution in [0.3, 0.4) is 0 Å². The summed E-state index contributed by atoms with van der Waals surface area (Å²) >= 11 is 0. The summed E-state index contributed by atoms with van der Waals surface area (Å²) in [7, 11) is 0. The highest BCUT2D eigenvalue weighted by Crippen LogP contribution is 2.25. The Morgan fingerprint density at radius 1 is 0.889 bits per heavy atom. The molecular weight excluding hydrogens is 224 g/mol. The van der Waals surface area contributed by atoms with Gasteiger partial charge in [-0.15, -0.1) is 0 Å². The van der Waals surface area contributed by atoms with Crippen LogP contribution in [0.5, 0.6) is 0 Å². The first-order valence-corrected chi connectivity index (χ1v) is 7.71. The van der Waals surface area contributed by atoms with Crippen LogP contribution in [0.15, 0.2) is 0 Å². The largest absolute Gasteiger partial charge is 0.465 e. The monoisotopic (exact) mass is 256 g/mol. The minimum Gasteiger partial charge on any atom is -0.465 e. The van der Waals surface area contributed by atoms with Crippen LogP contribution in [0.1, 0.15) is 85.5 Å². The topological polar surface area (TPSA) is 26.3 Å². The molecule has 0 saturated carbocycles. The molecule has 0 aliphatic heterocycles. The highest BCUT2D eigenvalue weighted by molar-refractivity contribution is 5.75. The Balaban J connectivity index is 3.70. The van der Waals surface area contributed by atoms with E-state index < -0.39 is 0 Å². The second-order valence-electron chi connectivity index (χ2n) is 5.89. The molecule has 0 N–H and O–H groups in total.